The number of aryl methyl sites for hydroxylation is 1. The van der Waals surface area contributed by atoms with Crippen molar-refractivity contribution in [1.29, 1.82) is 0 Å². The van der Waals surface area contributed by atoms with E-state index in [-0.39, 0.29) is 6.23 Å². The maximum Gasteiger partial charge on any atom is 0.175 e. The van der Waals surface area contributed by atoms with Crippen molar-refractivity contribution in [1.82, 2.24) is 4.90 Å². The molecule has 0 bridgehead atoms. The van der Waals surface area contributed by atoms with Gasteiger partial charge in [-0.3, -0.25) is 0 Å². The number of nitrogens with one attached hydrogen (secondary N) is 1. The van der Waals surface area contributed by atoms with Gasteiger partial charge in [-0.2, -0.15) is 0 Å². The van der Waals surface area contributed by atoms with Crippen molar-refractivity contribution in [3.8, 4) is 0 Å². The molecule has 1 N–H and O–H groups in total. The largest absolute Gasteiger partial charge is 0.352 e. The molecule has 1 heterocycles. The summed E-state index contributed by atoms with van der Waals surface area (Å²) in [5.74, 6) is 0. The minimum absolute atomic E-state index is 0.102. The number of hydrogen-bond acceptors (Lipinski definition) is 2. The van der Waals surface area contributed by atoms with E-state index in [1.807, 2.05) is 36.4 Å². The predicted molar refractivity (Wildman–Crippen MR) is 89.2 cm³/mol. The zero-order chi connectivity index (χ0) is 14.7. The lowest BCUT2D eigenvalue weighted by molar-refractivity contribution is 0.0642. The fourth-order valence-electron chi connectivity index (χ4n) is 2.47. The standard InChI is InChI=1S/C17H18N2OS/c1-13-7-5-6-10-15(13)18-17(21)19-11-12-20-16(19)14-8-3-2-4-9-14/h2-10,16H,11-12H2,1H3,(H,18,21)/t16-/m1/s1. The minimum Gasteiger partial charge on any atom is -0.352 e. The Bertz CT molecular complexity index is 630. The third-order valence-electron chi connectivity index (χ3n) is 3.62. The first kappa shape index (κ1) is 14.0. The van der Waals surface area contributed by atoms with E-state index in [0.29, 0.717) is 11.7 Å². The van der Waals surface area contributed by atoms with Gasteiger partial charge in [-0.25, -0.2) is 0 Å². The number of hydrogen-bond donors (Lipinski definition) is 1. The summed E-state index contributed by atoms with van der Waals surface area (Å²) in [4.78, 5) is 2.09. The maximum absolute atomic E-state index is 5.84. The van der Waals surface area contributed by atoms with Gasteiger partial charge in [0, 0.05) is 17.8 Å². The van der Waals surface area contributed by atoms with E-state index in [2.05, 4.69) is 35.3 Å². The Hall–Kier alpha value is -1.91. The average molecular weight is 298 g/mol. The van der Waals surface area contributed by atoms with Crippen molar-refractivity contribution in [2.24, 2.45) is 0 Å². The van der Waals surface area contributed by atoms with Crippen LogP contribution in [0.3, 0.4) is 0 Å². The molecule has 2 aromatic carbocycles. The normalized spacial score (nSPS) is 17.8. The monoisotopic (exact) mass is 298 g/mol. The zero-order valence-corrected chi connectivity index (χ0v) is 12.8. The van der Waals surface area contributed by atoms with Crippen LogP contribution in [0.4, 0.5) is 5.69 Å². The van der Waals surface area contributed by atoms with Crippen molar-refractivity contribution < 1.29 is 4.74 Å². The van der Waals surface area contributed by atoms with Crippen molar-refractivity contribution in [2.75, 3.05) is 18.5 Å². The van der Waals surface area contributed by atoms with Crippen molar-refractivity contribution in [3.63, 3.8) is 0 Å². The van der Waals surface area contributed by atoms with E-state index in [1.165, 1.54) is 5.56 Å². The molecule has 0 radical (unpaired) electrons. The van der Waals surface area contributed by atoms with E-state index >= 15 is 0 Å². The number of benzene rings is 2. The number of thiocarbonyl (C=S) groups is 1. The van der Waals surface area contributed by atoms with Gasteiger partial charge in [-0.1, -0.05) is 48.5 Å². The summed E-state index contributed by atoms with van der Waals surface area (Å²) in [5.41, 5.74) is 3.35. The molecule has 0 aromatic heterocycles. The Morgan fingerprint density at radius 2 is 1.86 bits per heavy atom. The fraction of sp³-hybridized carbons (Fsp3) is 0.235. The zero-order valence-electron chi connectivity index (χ0n) is 12.0. The van der Waals surface area contributed by atoms with Crippen molar-refractivity contribution in [3.05, 3.63) is 65.7 Å². The SMILES string of the molecule is Cc1ccccc1NC(=S)N1CCO[C@@H]1c1ccccc1. The molecule has 108 valence electrons. The molecule has 1 aliphatic heterocycles. The van der Waals surface area contributed by atoms with Crippen molar-refractivity contribution >= 4 is 23.0 Å². The van der Waals surface area contributed by atoms with Crippen LogP contribution in [-0.2, 0) is 4.74 Å². The van der Waals surface area contributed by atoms with Gasteiger partial charge in [0.2, 0.25) is 0 Å². The summed E-state index contributed by atoms with van der Waals surface area (Å²) in [6.45, 7) is 3.56. The third-order valence-corrected chi connectivity index (χ3v) is 3.96. The Morgan fingerprint density at radius 3 is 2.62 bits per heavy atom. The summed E-state index contributed by atoms with van der Waals surface area (Å²) in [7, 11) is 0. The van der Waals surface area contributed by atoms with Gasteiger partial charge >= 0.3 is 0 Å². The van der Waals surface area contributed by atoms with Crippen molar-refractivity contribution in [2.45, 2.75) is 13.2 Å². The first-order chi connectivity index (χ1) is 10.3. The summed E-state index contributed by atoms with van der Waals surface area (Å²) in [5, 5.41) is 4.03. The van der Waals surface area contributed by atoms with E-state index < -0.39 is 0 Å². The fourth-order valence-corrected chi connectivity index (χ4v) is 2.77. The van der Waals surface area contributed by atoms with E-state index in [1.54, 1.807) is 0 Å². The molecule has 1 aliphatic rings. The topological polar surface area (TPSA) is 24.5 Å². The molecule has 4 heteroatoms. The average Bonchev–Trinajstić information content (AvgIpc) is 3.00. The van der Waals surface area contributed by atoms with Crippen LogP contribution in [0.5, 0.6) is 0 Å². The number of rotatable bonds is 2. The minimum atomic E-state index is -0.102. The molecule has 0 saturated carbocycles. The summed E-state index contributed by atoms with van der Waals surface area (Å²) < 4.78 is 5.84. The van der Waals surface area contributed by atoms with E-state index in [4.69, 9.17) is 17.0 Å². The number of para-hydroxylation sites is 1. The van der Waals surface area contributed by atoms with Crippen LogP contribution in [0, 0.1) is 6.92 Å². The van der Waals surface area contributed by atoms with Crippen LogP contribution in [-0.4, -0.2) is 23.2 Å². The van der Waals surface area contributed by atoms with Gasteiger partial charge in [0.05, 0.1) is 6.61 Å². The highest BCUT2D eigenvalue weighted by molar-refractivity contribution is 7.80. The molecule has 0 unspecified atom stereocenters. The van der Waals surface area contributed by atoms with Gasteiger partial charge in [0.1, 0.15) is 0 Å². The summed E-state index contributed by atoms with van der Waals surface area (Å²) >= 11 is 5.57. The second kappa shape index (κ2) is 6.24. The number of ether oxygens (including phenoxy) is 1. The van der Waals surface area contributed by atoms with Gasteiger partial charge in [-0.15, -0.1) is 0 Å². The predicted octanol–water partition coefficient (Wildman–Crippen LogP) is 3.72. The van der Waals surface area contributed by atoms with Gasteiger partial charge < -0.3 is 15.0 Å². The Balaban J connectivity index is 1.76. The van der Waals surface area contributed by atoms with Crippen LogP contribution >= 0.6 is 12.2 Å². The molecular weight excluding hydrogens is 280 g/mol. The van der Waals surface area contributed by atoms with Crippen LogP contribution < -0.4 is 5.32 Å². The molecule has 1 fully saturated rings. The Labute approximate surface area is 130 Å². The molecular formula is C17H18N2OS. The van der Waals surface area contributed by atoms with Crippen LogP contribution in [0.1, 0.15) is 17.4 Å². The maximum atomic E-state index is 5.84. The Morgan fingerprint density at radius 1 is 1.14 bits per heavy atom. The Kier molecular flexibility index (Phi) is 4.18. The molecule has 1 atom stereocenters. The molecule has 21 heavy (non-hydrogen) atoms. The number of anilines is 1. The highest BCUT2D eigenvalue weighted by Gasteiger charge is 2.28. The second-order valence-electron chi connectivity index (χ2n) is 5.07. The molecule has 0 aliphatic carbocycles. The first-order valence-corrected chi connectivity index (χ1v) is 7.46. The molecule has 2 aromatic rings. The van der Waals surface area contributed by atoms with Gasteiger partial charge in [0.15, 0.2) is 11.3 Å². The highest BCUT2D eigenvalue weighted by atomic mass is 32.1. The lowest BCUT2D eigenvalue weighted by atomic mass is 10.2. The number of nitrogens with zero attached hydrogens (tertiary/aromatic N) is 1. The van der Waals surface area contributed by atoms with Gasteiger partial charge in [0.25, 0.3) is 0 Å². The van der Waals surface area contributed by atoms with Crippen LogP contribution in [0.15, 0.2) is 54.6 Å². The van der Waals surface area contributed by atoms with Gasteiger partial charge in [-0.05, 0) is 30.8 Å². The molecule has 1 saturated heterocycles. The van der Waals surface area contributed by atoms with Crippen LogP contribution in [0.2, 0.25) is 0 Å². The molecule has 0 spiro atoms. The molecule has 3 nitrogen and oxygen atoms in total. The van der Waals surface area contributed by atoms with E-state index in [9.17, 15) is 0 Å². The highest BCUT2D eigenvalue weighted by Crippen LogP contribution is 2.27. The van der Waals surface area contributed by atoms with E-state index in [0.717, 1.165) is 17.8 Å². The molecule has 0 amide bonds. The van der Waals surface area contributed by atoms with Crippen LogP contribution in [0.25, 0.3) is 0 Å². The third kappa shape index (κ3) is 3.06. The second-order valence-corrected chi connectivity index (χ2v) is 5.46. The smallest absolute Gasteiger partial charge is 0.175 e. The quantitative estimate of drug-likeness (QED) is 0.854. The first-order valence-electron chi connectivity index (χ1n) is 7.05. The lowest BCUT2D eigenvalue weighted by Crippen LogP contribution is -2.34. The lowest BCUT2D eigenvalue weighted by Gasteiger charge is -2.26. The summed E-state index contributed by atoms with van der Waals surface area (Å²) in [6.07, 6.45) is -0.102. The molecule has 3 rings (SSSR count). The summed E-state index contributed by atoms with van der Waals surface area (Å²) in [6, 6.07) is 18.3.